The highest BCUT2D eigenvalue weighted by molar-refractivity contribution is 7.80. The van der Waals surface area contributed by atoms with Crippen LogP contribution in [0.15, 0.2) is 83.0 Å². The van der Waals surface area contributed by atoms with Crippen molar-refractivity contribution in [3.05, 3.63) is 107 Å². The summed E-state index contributed by atoms with van der Waals surface area (Å²) in [5, 5.41) is 7.85. The monoisotopic (exact) mass is 474 g/mol. The summed E-state index contributed by atoms with van der Waals surface area (Å²) in [5.41, 5.74) is 4.59. The Bertz CT molecular complexity index is 1410. The van der Waals surface area contributed by atoms with Crippen molar-refractivity contribution in [1.29, 1.82) is 0 Å². The van der Waals surface area contributed by atoms with Crippen LogP contribution in [0, 0.1) is 18.6 Å². The first kappa shape index (κ1) is 21.9. The second-order valence-electron chi connectivity index (χ2n) is 8.04. The van der Waals surface area contributed by atoms with E-state index in [0.717, 1.165) is 11.1 Å². The number of nitrogens with one attached hydrogen (secondary N) is 1. The normalized spacial score (nSPS) is 16.1. The summed E-state index contributed by atoms with van der Waals surface area (Å²) in [6, 6.07) is 19.6. The maximum atomic E-state index is 14.1. The van der Waals surface area contributed by atoms with Crippen molar-refractivity contribution in [3.63, 3.8) is 0 Å². The Kier molecular flexibility index (Phi) is 5.67. The van der Waals surface area contributed by atoms with E-state index in [1.54, 1.807) is 23.1 Å². The van der Waals surface area contributed by atoms with Gasteiger partial charge in [-0.05, 0) is 74.1 Å². The van der Waals surface area contributed by atoms with Crippen LogP contribution in [0.4, 0.5) is 14.5 Å². The minimum atomic E-state index is -0.522. The number of hydrogen-bond acceptors (Lipinski definition) is 4. The second-order valence-corrected chi connectivity index (χ2v) is 8.43. The summed E-state index contributed by atoms with van der Waals surface area (Å²) in [6.45, 7) is 3.86. The van der Waals surface area contributed by atoms with Crippen molar-refractivity contribution < 1.29 is 13.3 Å². The van der Waals surface area contributed by atoms with E-state index >= 15 is 0 Å². The average molecular weight is 475 g/mol. The van der Waals surface area contributed by atoms with E-state index in [0.29, 0.717) is 33.5 Å². The molecule has 3 aromatic carbocycles. The van der Waals surface area contributed by atoms with Gasteiger partial charge in [0.15, 0.2) is 5.11 Å². The van der Waals surface area contributed by atoms with Crippen molar-refractivity contribution in [3.8, 4) is 11.4 Å². The fourth-order valence-corrected chi connectivity index (χ4v) is 4.45. The Balaban J connectivity index is 1.66. The average Bonchev–Trinajstić information content (AvgIpc) is 3.30. The molecule has 0 bridgehead atoms. The summed E-state index contributed by atoms with van der Waals surface area (Å²) >= 11 is 5.65. The molecule has 0 amide bonds. The number of aromatic nitrogens is 2. The molecule has 0 radical (unpaired) electrons. The van der Waals surface area contributed by atoms with Gasteiger partial charge in [0.2, 0.25) is 5.82 Å². The third-order valence-corrected chi connectivity index (χ3v) is 5.98. The zero-order chi connectivity index (χ0) is 23.8. The number of halogens is 2. The van der Waals surface area contributed by atoms with Gasteiger partial charge in [-0.15, -0.1) is 0 Å². The van der Waals surface area contributed by atoms with Gasteiger partial charge in [0.1, 0.15) is 11.6 Å². The van der Waals surface area contributed by atoms with Crippen molar-refractivity contribution in [2.75, 3.05) is 4.90 Å². The van der Waals surface area contributed by atoms with Crippen LogP contribution < -0.4 is 10.2 Å². The first-order valence-corrected chi connectivity index (χ1v) is 11.0. The molecule has 0 saturated heterocycles. The highest BCUT2D eigenvalue weighted by Gasteiger charge is 2.35. The molecule has 5 rings (SSSR count). The summed E-state index contributed by atoms with van der Waals surface area (Å²) in [6.07, 6.45) is 0. The smallest absolute Gasteiger partial charge is 0.258 e. The topological polar surface area (TPSA) is 54.2 Å². The SMILES string of the molecule is CC1=C(c2nc(-c3cccc(C)c3)no2)C(c2cccc(F)c2)NC(=S)N1c1ccc(F)cc1. The second kappa shape index (κ2) is 8.79. The van der Waals surface area contributed by atoms with Crippen molar-refractivity contribution >= 4 is 28.6 Å². The number of thiocarbonyl (C=S) groups is 1. The molecule has 0 fully saturated rings. The number of nitrogens with zero attached hydrogens (tertiary/aromatic N) is 3. The largest absolute Gasteiger partial charge is 0.351 e. The van der Waals surface area contributed by atoms with Crippen LogP contribution in [-0.4, -0.2) is 15.3 Å². The minimum absolute atomic E-state index is 0.283. The lowest BCUT2D eigenvalue weighted by atomic mass is 9.94. The minimum Gasteiger partial charge on any atom is -0.351 e. The third kappa shape index (κ3) is 4.08. The van der Waals surface area contributed by atoms with Crippen LogP contribution in [-0.2, 0) is 0 Å². The fraction of sp³-hybridized carbons (Fsp3) is 0.115. The molecule has 0 spiro atoms. The number of allylic oxidation sites excluding steroid dienone is 1. The Labute approximate surface area is 200 Å². The number of benzene rings is 3. The molecule has 170 valence electrons. The van der Waals surface area contributed by atoms with Crippen LogP contribution in [0.2, 0.25) is 0 Å². The van der Waals surface area contributed by atoms with Crippen molar-refractivity contribution in [2.45, 2.75) is 19.9 Å². The highest BCUT2D eigenvalue weighted by atomic mass is 32.1. The van der Waals surface area contributed by atoms with Gasteiger partial charge in [0.25, 0.3) is 5.89 Å². The number of anilines is 1. The van der Waals surface area contributed by atoms with Gasteiger partial charge >= 0.3 is 0 Å². The maximum absolute atomic E-state index is 14.1. The fourth-order valence-electron chi connectivity index (χ4n) is 4.09. The quantitative estimate of drug-likeness (QED) is 0.356. The van der Waals surface area contributed by atoms with Crippen LogP contribution in [0.3, 0.4) is 0 Å². The number of aryl methyl sites for hydroxylation is 1. The van der Waals surface area contributed by atoms with Gasteiger partial charge in [-0.3, -0.25) is 4.90 Å². The molecule has 1 aliphatic heterocycles. The first-order valence-electron chi connectivity index (χ1n) is 10.6. The van der Waals surface area contributed by atoms with Crippen LogP contribution in [0.25, 0.3) is 17.0 Å². The molecule has 0 aliphatic carbocycles. The van der Waals surface area contributed by atoms with Gasteiger partial charge in [-0.25, -0.2) is 8.78 Å². The molecule has 5 nitrogen and oxygen atoms in total. The Morgan fingerprint density at radius 2 is 1.71 bits per heavy atom. The van der Waals surface area contributed by atoms with Gasteiger partial charge in [-0.1, -0.05) is 41.1 Å². The molecule has 1 atom stereocenters. The van der Waals surface area contributed by atoms with E-state index in [1.807, 2.05) is 44.2 Å². The standard InChI is InChI=1S/C26H20F2N4OS/c1-15-5-3-7-18(13-15)24-30-25(33-31-24)22-16(2)32(21-11-9-19(27)10-12-21)26(34)29-23(22)17-6-4-8-20(28)14-17/h3-14,23H,1-2H3,(H,29,34). The highest BCUT2D eigenvalue weighted by Crippen LogP contribution is 2.39. The van der Waals surface area contributed by atoms with Gasteiger partial charge in [0.05, 0.1) is 11.6 Å². The lowest BCUT2D eigenvalue weighted by molar-refractivity contribution is 0.404. The van der Waals surface area contributed by atoms with E-state index in [2.05, 4.69) is 15.5 Å². The summed E-state index contributed by atoms with van der Waals surface area (Å²) in [4.78, 5) is 6.44. The van der Waals surface area contributed by atoms with Crippen molar-refractivity contribution in [2.24, 2.45) is 0 Å². The number of rotatable bonds is 4. The van der Waals surface area contributed by atoms with Gasteiger partial charge in [-0.2, -0.15) is 4.98 Å². The van der Waals surface area contributed by atoms with E-state index in [-0.39, 0.29) is 17.5 Å². The lowest BCUT2D eigenvalue weighted by Crippen LogP contribution is -2.46. The molecule has 1 aromatic heterocycles. The number of hydrogen-bond donors (Lipinski definition) is 1. The molecule has 8 heteroatoms. The molecule has 1 aliphatic rings. The Hall–Kier alpha value is -3.91. The molecular weight excluding hydrogens is 454 g/mol. The zero-order valence-electron chi connectivity index (χ0n) is 18.4. The van der Waals surface area contributed by atoms with E-state index in [4.69, 9.17) is 16.7 Å². The van der Waals surface area contributed by atoms with Crippen LogP contribution >= 0.6 is 12.2 Å². The lowest BCUT2D eigenvalue weighted by Gasteiger charge is -2.37. The molecule has 4 aromatic rings. The van der Waals surface area contributed by atoms with Crippen LogP contribution in [0.5, 0.6) is 0 Å². The zero-order valence-corrected chi connectivity index (χ0v) is 19.2. The van der Waals surface area contributed by atoms with Gasteiger partial charge in [0, 0.05) is 16.9 Å². The molecule has 1 N–H and O–H groups in total. The van der Waals surface area contributed by atoms with Crippen molar-refractivity contribution in [1.82, 2.24) is 15.5 Å². The van der Waals surface area contributed by atoms with E-state index in [1.165, 1.54) is 24.3 Å². The van der Waals surface area contributed by atoms with E-state index < -0.39 is 6.04 Å². The molecule has 1 unspecified atom stereocenters. The summed E-state index contributed by atoms with van der Waals surface area (Å²) in [5.74, 6) is 0.0110. The third-order valence-electron chi connectivity index (χ3n) is 5.68. The van der Waals surface area contributed by atoms with Crippen LogP contribution in [0.1, 0.15) is 30.0 Å². The predicted molar refractivity (Wildman–Crippen MR) is 131 cm³/mol. The summed E-state index contributed by atoms with van der Waals surface area (Å²) in [7, 11) is 0. The molecular formula is C26H20F2N4OS. The molecule has 34 heavy (non-hydrogen) atoms. The Morgan fingerprint density at radius 3 is 2.44 bits per heavy atom. The molecule has 0 saturated carbocycles. The molecule has 2 heterocycles. The first-order chi connectivity index (χ1) is 16.4. The maximum Gasteiger partial charge on any atom is 0.258 e. The summed E-state index contributed by atoms with van der Waals surface area (Å²) < 4.78 is 33.4. The van der Waals surface area contributed by atoms with Gasteiger partial charge < -0.3 is 9.84 Å². The Morgan fingerprint density at radius 1 is 0.941 bits per heavy atom. The predicted octanol–water partition coefficient (Wildman–Crippen LogP) is 6.19. The van der Waals surface area contributed by atoms with E-state index in [9.17, 15) is 8.78 Å².